The van der Waals surface area contributed by atoms with Crippen LogP contribution in [0.15, 0.2) is 72.8 Å². The Morgan fingerprint density at radius 3 is 2.38 bits per heavy atom. The van der Waals surface area contributed by atoms with Gasteiger partial charge in [0.25, 0.3) is 0 Å². The number of ether oxygens (including phenoxy) is 1. The van der Waals surface area contributed by atoms with Crippen LogP contribution >= 0.6 is 11.6 Å². The van der Waals surface area contributed by atoms with Crippen molar-refractivity contribution in [1.82, 2.24) is 0 Å². The van der Waals surface area contributed by atoms with E-state index in [1.54, 1.807) is 35.2 Å². The van der Waals surface area contributed by atoms with Gasteiger partial charge in [-0.15, -0.1) is 0 Å². The van der Waals surface area contributed by atoms with Crippen LogP contribution in [0.5, 0.6) is 11.5 Å². The first-order chi connectivity index (χ1) is 15.6. The standard InChI is InChI=1S/C26H25ClFNO3/c27-21-6-10-23(11-7-21)32-24-12-8-22(9-13-24)29-25(16-20(26(29)31)5-2-14-30)19-4-1-3-18(15-19)17-28/h1,3-4,6-13,15,20,25,30H,2,5,14,16-17H2/t20-,25+/m0/s1. The van der Waals surface area contributed by atoms with Crippen LogP contribution < -0.4 is 9.64 Å². The molecule has 1 N–H and O–H groups in total. The van der Waals surface area contributed by atoms with Crippen LogP contribution in [0.2, 0.25) is 5.02 Å². The van der Waals surface area contributed by atoms with Gasteiger partial charge in [-0.25, -0.2) is 4.39 Å². The fraction of sp³-hybridized carbons (Fsp3) is 0.269. The van der Waals surface area contributed by atoms with Crippen molar-refractivity contribution in [3.05, 3.63) is 88.9 Å². The maximum absolute atomic E-state index is 13.3. The SMILES string of the molecule is O=C1[C@@H](CCCO)C[C@H](c2cccc(CF)c2)N1c1ccc(Oc2ccc(Cl)cc2)cc1. The van der Waals surface area contributed by atoms with E-state index < -0.39 is 6.67 Å². The van der Waals surface area contributed by atoms with Crippen molar-refractivity contribution in [2.75, 3.05) is 11.5 Å². The number of halogens is 2. The number of aliphatic hydroxyl groups is 1. The first-order valence-corrected chi connectivity index (χ1v) is 11.1. The van der Waals surface area contributed by atoms with Gasteiger partial charge in [0.05, 0.1) is 6.04 Å². The highest BCUT2D eigenvalue weighted by Gasteiger charge is 2.40. The number of anilines is 1. The minimum atomic E-state index is -0.542. The van der Waals surface area contributed by atoms with Gasteiger partial charge in [-0.3, -0.25) is 4.79 Å². The number of hydrogen-bond donors (Lipinski definition) is 1. The summed E-state index contributed by atoms with van der Waals surface area (Å²) in [5.74, 6) is 1.17. The summed E-state index contributed by atoms with van der Waals surface area (Å²) in [7, 11) is 0. The molecule has 1 aliphatic heterocycles. The molecular formula is C26H25ClFNO3. The molecule has 0 radical (unpaired) electrons. The van der Waals surface area contributed by atoms with Crippen molar-refractivity contribution in [1.29, 1.82) is 0 Å². The number of benzene rings is 3. The van der Waals surface area contributed by atoms with Gasteiger partial charge in [0, 0.05) is 23.2 Å². The van der Waals surface area contributed by atoms with Crippen LogP contribution in [0.4, 0.5) is 10.1 Å². The second kappa shape index (κ2) is 10.2. The maximum Gasteiger partial charge on any atom is 0.230 e. The molecule has 32 heavy (non-hydrogen) atoms. The maximum atomic E-state index is 13.3. The van der Waals surface area contributed by atoms with E-state index in [1.807, 2.05) is 42.5 Å². The lowest BCUT2D eigenvalue weighted by Crippen LogP contribution is -2.29. The normalized spacial score (nSPS) is 18.2. The molecule has 4 rings (SSSR count). The number of carbonyl (C=O) groups is 1. The average Bonchev–Trinajstić information content (AvgIpc) is 3.16. The molecule has 0 saturated carbocycles. The molecule has 166 valence electrons. The topological polar surface area (TPSA) is 49.8 Å². The molecule has 1 amide bonds. The van der Waals surface area contributed by atoms with Crippen molar-refractivity contribution >= 4 is 23.2 Å². The lowest BCUT2D eigenvalue weighted by molar-refractivity contribution is -0.120. The summed E-state index contributed by atoms with van der Waals surface area (Å²) in [5, 5.41) is 9.86. The average molecular weight is 454 g/mol. The molecule has 0 aromatic heterocycles. The predicted molar refractivity (Wildman–Crippen MR) is 124 cm³/mol. The Kier molecular flexibility index (Phi) is 7.08. The molecule has 0 aliphatic carbocycles. The summed E-state index contributed by atoms with van der Waals surface area (Å²) >= 11 is 5.92. The Bertz CT molecular complexity index is 1060. The molecule has 6 heteroatoms. The van der Waals surface area contributed by atoms with Crippen LogP contribution in [-0.4, -0.2) is 17.6 Å². The summed E-state index contributed by atoms with van der Waals surface area (Å²) in [4.78, 5) is 15.1. The van der Waals surface area contributed by atoms with Crippen LogP contribution in [0, 0.1) is 5.92 Å². The van der Waals surface area contributed by atoms with Gasteiger partial charge in [-0.2, -0.15) is 0 Å². The second-order valence-electron chi connectivity index (χ2n) is 7.95. The molecular weight excluding hydrogens is 429 g/mol. The van der Waals surface area contributed by atoms with Crippen molar-refractivity contribution < 1.29 is 19.0 Å². The fourth-order valence-electron chi connectivity index (χ4n) is 4.19. The molecule has 2 atom stereocenters. The van der Waals surface area contributed by atoms with Crippen LogP contribution in [0.25, 0.3) is 0 Å². The summed E-state index contributed by atoms with van der Waals surface area (Å²) in [6.45, 7) is -0.484. The molecule has 3 aromatic carbocycles. The number of nitrogens with zero attached hydrogens (tertiary/aromatic N) is 1. The highest BCUT2D eigenvalue weighted by Crippen LogP contribution is 2.42. The zero-order chi connectivity index (χ0) is 22.5. The lowest BCUT2D eigenvalue weighted by atomic mass is 9.95. The largest absolute Gasteiger partial charge is 0.457 e. The van der Waals surface area contributed by atoms with E-state index >= 15 is 0 Å². The zero-order valence-corrected chi connectivity index (χ0v) is 18.3. The Labute approximate surface area is 192 Å². The molecule has 1 fully saturated rings. The van der Waals surface area contributed by atoms with Gasteiger partial charge in [-0.1, -0.05) is 35.9 Å². The van der Waals surface area contributed by atoms with E-state index in [0.717, 1.165) is 11.3 Å². The molecule has 3 aromatic rings. The van der Waals surface area contributed by atoms with Crippen molar-refractivity contribution in [3.8, 4) is 11.5 Å². The summed E-state index contributed by atoms with van der Waals surface area (Å²) < 4.78 is 19.1. The molecule has 4 nitrogen and oxygen atoms in total. The van der Waals surface area contributed by atoms with Gasteiger partial charge < -0.3 is 14.7 Å². The summed E-state index contributed by atoms with van der Waals surface area (Å²) in [5.41, 5.74) is 2.28. The van der Waals surface area contributed by atoms with E-state index in [-0.39, 0.29) is 24.5 Å². The molecule has 1 heterocycles. The van der Waals surface area contributed by atoms with Gasteiger partial charge >= 0.3 is 0 Å². The summed E-state index contributed by atoms with van der Waals surface area (Å²) in [6.07, 6.45) is 1.84. The third kappa shape index (κ3) is 4.95. The van der Waals surface area contributed by atoms with Gasteiger partial charge in [-0.05, 0) is 78.9 Å². The van der Waals surface area contributed by atoms with Crippen molar-refractivity contribution in [2.45, 2.75) is 32.0 Å². The lowest BCUT2D eigenvalue weighted by Gasteiger charge is -2.26. The first-order valence-electron chi connectivity index (χ1n) is 10.7. The number of carbonyl (C=O) groups excluding carboxylic acids is 1. The van der Waals surface area contributed by atoms with Crippen LogP contribution in [0.1, 0.15) is 36.4 Å². The van der Waals surface area contributed by atoms with Crippen LogP contribution in [0.3, 0.4) is 0 Å². The van der Waals surface area contributed by atoms with E-state index in [9.17, 15) is 14.3 Å². The Hall–Kier alpha value is -2.89. The predicted octanol–water partition coefficient (Wildman–Crippen LogP) is 6.47. The smallest absolute Gasteiger partial charge is 0.230 e. The Balaban J connectivity index is 1.60. The minimum Gasteiger partial charge on any atom is -0.457 e. The highest BCUT2D eigenvalue weighted by molar-refractivity contribution is 6.30. The number of amides is 1. The van der Waals surface area contributed by atoms with Gasteiger partial charge in [0.15, 0.2) is 0 Å². The van der Waals surface area contributed by atoms with Crippen molar-refractivity contribution in [2.24, 2.45) is 5.92 Å². The van der Waals surface area contributed by atoms with E-state index in [4.69, 9.17) is 16.3 Å². The number of rotatable bonds is 8. The third-order valence-electron chi connectivity index (χ3n) is 5.77. The Morgan fingerprint density at radius 1 is 1.03 bits per heavy atom. The minimum absolute atomic E-state index is 0.0282. The molecule has 1 saturated heterocycles. The van der Waals surface area contributed by atoms with E-state index in [2.05, 4.69) is 0 Å². The van der Waals surface area contributed by atoms with E-state index in [0.29, 0.717) is 41.3 Å². The van der Waals surface area contributed by atoms with Crippen molar-refractivity contribution in [3.63, 3.8) is 0 Å². The number of aliphatic hydroxyl groups excluding tert-OH is 1. The molecule has 1 aliphatic rings. The fourth-order valence-corrected chi connectivity index (χ4v) is 4.32. The number of alkyl halides is 1. The zero-order valence-electron chi connectivity index (χ0n) is 17.6. The van der Waals surface area contributed by atoms with Crippen LogP contribution in [-0.2, 0) is 11.5 Å². The number of hydrogen-bond acceptors (Lipinski definition) is 3. The molecule has 0 spiro atoms. The molecule has 0 bridgehead atoms. The second-order valence-corrected chi connectivity index (χ2v) is 8.39. The van der Waals surface area contributed by atoms with Gasteiger partial charge in [0.2, 0.25) is 5.91 Å². The summed E-state index contributed by atoms with van der Waals surface area (Å²) in [6, 6.07) is 21.7. The third-order valence-corrected chi connectivity index (χ3v) is 6.02. The monoisotopic (exact) mass is 453 g/mol. The highest BCUT2D eigenvalue weighted by atomic mass is 35.5. The molecule has 0 unspecified atom stereocenters. The Morgan fingerprint density at radius 2 is 1.72 bits per heavy atom. The van der Waals surface area contributed by atoms with E-state index in [1.165, 1.54) is 0 Å². The quantitative estimate of drug-likeness (QED) is 0.425. The first kappa shape index (κ1) is 22.3. The van der Waals surface area contributed by atoms with Gasteiger partial charge in [0.1, 0.15) is 18.2 Å².